The molecule has 1 unspecified atom stereocenters. The maximum absolute atomic E-state index is 6.30. The van der Waals surface area contributed by atoms with E-state index in [2.05, 4.69) is 37.4 Å². The van der Waals surface area contributed by atoms with Crippen LogP contribution in [0.5, 0.6) is 5.75 Å². The molecule has 0 heterocycles. The molecule has 2 rings (SSSR count). The van der Waals surface area contributed by atoms with Gasteiger partial charge in [-0.15, -0.1) is 0 Å². The predicted molar refractivity (Wildman–Crippen MR) is 87.0 cm³/mol. The second-order valence-corrected chi connectivity index (χ2v) is 6.00. The van der Waals surface area contributed by atoms with Gasteiger partial charge in [-0.05, 0) is 57.0 Å². The van der Waals surface area contributed by atoms with Crippen LogP contribution >= 0.6 is 0 Å². The topological polar surface area (TPSA) is 30.5 Å². The molecule has 1 aromatic carbocycles. The van der Waals surface area contributed by atoms with Crippen LogP contribution < -0.4 is 10.1 Å². The summed E-state index contributed by atoms with van der Waals surface area (Å²) in [4.78, 5) is 0. The molecular formula is C18H29NO2. The van der Waals surface area contributed by atoms with Crippen molar-refractivity contribution in [2.75, 3.05) is 20.8 Å². The highest BCUT2D eigenvalue weighted by molar-refractivity contribution is 5.38. The monoisotopic (exact) mass is 291 g/mol. The van der Waals surface area contributed by atoms with Crippen molar-refractivity contribution in [3.8, 4) is 5.75 Å². The third-order valence-corrected chi connectivity index (χ3v) is 4.73. The van der Waals surface area contributed by atoms with Crippen LogP contribution in [0.3, 0.4) is 0 Å². The van der Waals surface area contributed by atoms with Crippen molar-refractivity contribution in [1.82, 2.24) is 5.32 Å². The molecule has 1 saturated carbocycles. The van der Waals surface area contributed by atoms with Gasteiger partial charge in [-0.25, -0.2) is 0 Å². The summed E-state index contributed by atoms with van der Waals surface area (Å²) in [6.45, 7) is 5.03. The lowest BCUT2D eigenvalue weighted by Gasteiger charge is -2.44. The van der Waals surface area contributed by atoms with Crippen molar-refractivity contribution in [2.24, 2.45) is 0 Å². The van der Waals surface area contributed by atoms with Gasteiger partial charge in [-0.1, -0.05) is 25.3 Å². The number of ether oxygens (including phenoxy) is 2. The van der Waals surface area contributed by atoms with Gasteiger partial charge in [0.15, 0.2) is 0 Å². The van der Waals surface area contributed by atoms with Crippen LogP contribution in [0.25, 0.3) is 0 Å². The van der Waals surface area contributed by atoms with E-state index in [0.29, 0.717) is 0 Å². The Balaban J connectivity index is 2.36. The van der Waals surface area contributed by atoms with Crippen molar-refractivity contribution < 1.29 is 9.47 Å². The summed E-state index contributed by atoms with van der Waals surface area (Å²) in [5.41, 5.74) is 2.52. The molecule has 118 valence electrons. The molecule has 0 saturated heterocycles. The molecule has 1 atom stereocenters. The van der Waals surface area contributed by atoms with Crippen LogP contribution in [0.4, 0.5) is 0 Å². The Bertz CT molecular complexity index is 447. The number of aryl methyl sites for hydroxylation is 1. The molecule has 0 aliphatic heterocycles. The first-order valence-electron chi connectivity index (χ1n) is 8.12. The van der Waals surface area contributed by atoms with Gasteiger partial charge in [0.25, 0.3) is 0 Å². The Hall–Kier alpha value is -1.06. The number of hydrogen-bond donors (Lipinski definition) is 1. The molecule has 1 aromatic rings. The highest BCUT2D eigenvalue weighted by atomic mass is 16.5. The lowest BCUT2D eigenvalue weighted by Crippen LogP contribution is -2.47. The van der Waals surface area contributed by atoms with Crippen molar-refractivity contribution in [3.63, 3.8) is 0 Å². The lowest BCUT2D eigenvalue weighted by molar-refractivity contribution is -0.0899. The first-order valence-corrected chi connectivity index (χ1v) is 8.12. The van der Waals surface area contributed by atoms with Crippen LogP contribution in [0.2, 0.25) is 0 Å². The van der Waals surface area contributed by atoms with Crippen molar-refractivity contribution in [3.05, 3.63) is 29.3 Å². The lowest BCUT2D eigenvalue weighted by atomic mass is 9.75. The van der Waals surface area contributed by atoms with Gasteiger partial charge in [-0.3, -0.25) is 0 Å². The van der Waals surface area contributed by atoms with Crippen LogP contribution in [0.15, 0.2) is 18.2 Å². The zero-order chi connectivity index (χ0) is 15.3. The highest BCUT2D eigenvalue weighted by Gasteiger charge is 2.41. The molecule has 0 spiro atoms. The summed E-state index contributed by atoms with van der Waals surface area (Å²) in [5.74, 6) is 0.917. The number of methoxy groups -OCH3 is 1. The SMILES string of the molecule is CCOC1(C(NC)c2ccc(OC)cc2C)CCCCC1. The minimum Gasteiger partial charge on any atom is -0.497 e. The summed E-state index contributed by atoms with van der Waals surface area (Å²) in [7, 11) is 3.76. The van der Waals surface area contributed by atoms with Crippen LogP contribution in [-0.4, -0.2) is 26.4 Å². The molecule has 1 fully saturated rings. The second kappa shape index (κ2) is 7.28. The van der Waals surface area contributed by atoms with Gasteiger partial charge in [0.1, 0.15) is 5.75 Å². The summed E-state index contributed by atoms with van der Waals surface area (Å²) in [6, 6.07) is 6.59. The third kappa shape index (κ3) is 3.41. The van der Waals surface area contributed by atoms with E-state index < -0.39 is 0 Å². The smallest absolute Gasteiger partial charge is 0.119 e. The van der Waals surface area contributed by atoms with E-state index in [4.69, 9.17) is 9.47 Å². The maximum atomic E-state index is 6.30. The van der Waals surface area contributed by atoms with Crippen LogP contribution in [0.1, 0.15) is 56.2 Å². The van der Waals surface area contributed by atoms with E-state index in [9.17, 15) is 0 Å². The number of rotatable bonds is 6. The number of benzene rings is 1. The van der Waals surface area contributed by atoms with Gasteiger partial charge in [0.2, 0.25) is 0 Å². The molecule has 1 aliphatic rings. The number of hydrogen-bond acceptors (Lipinski definition) is 3. The summed E-state index contributed by atoms with van der Waals surface area (Å²) >= 11 is 0. The fourth-order valence-corrected chi connectivity index (χ4v) is 3.76. The number of nitrogens with one attached hydrogen (secondary N) is 1. The average molecular weight is 291 g/mol. The maximum Gasteiger partial charge on any atom is 0.119 e. The molecule has 1 N–H and O–H groups in total. The van der Waals surface area contributed by atoms with Crippen LogP contribution in [0, 0.1) is 6.92 Å². The second-order valence-electron chi connectivity index (χ2n) is 6.00. The minimum absolute atomic E-state index is 0.0684. The summed E-state index contributed by atoms with van der Waals surface area (Å²) < 4.78 is 11.6. The Kier molecular flexibility index (Phi) is 5.65. The highest BCUT2D eigenvalue weighted by Crippen LogP contribution is 2.42. The molecule has 0 aromatic heterocycles. The minimum atomic E-state index is -0.0684. The van der Waals surface area contributed by atoms with Crippen molar-refractivity contribution in [2.45, 2.75) is 57.6 Å². The Morgan fingerprint density at radius 3 is 2.48 bits per heavy atom. The normalized spacial score (nSPS) is 19.2. The van der Waals surface area contributed by atoms with Gasteiger partial charge in [-0.2, -0.15) is 0 Å². The zero-order valence-electron chi connectivity index (χ0n) is 13.9. The Morgan fingerprint density at radius 1 is 1.24 bits per heavy atom. The predicted octanol–water partition coefficient (Wildman–Crippen LogP) is 4.00. The first-order chi connectivity index (χ1) is 10.2. The largest absolute Gasteiger partial charge is 0.497 e. The van der Waals surface area contributed by atoms with E-state index in [1.54, 1.807) is 7.11 Å². The fraction of sp³-hybridized carbons (Fsp3) is 0.667. The molecule has 21 heavy (non-hydrogen) atoms. The third-order valence-electron chi connectivity index (χ3n) is 4.73. The average Bonchev–Trinajstić information content (AvgIpc) is 2.50. The fourth-order valence-electron chi connectivity index (χ4n) is 3.76. The van der Waals surface area contributed by atoms with Gasteiger partial charge in [0, 0.05) is 6.61 Å². The van der Waals surface area contributed by atoms with E-state index in [1.165, 1.54) is 30.4 Å². The van der Waals surface area contributed by atoms with E-state index in [0.717, 1.165) is 25.2 Å². The summed E-state index contributed by atoms with van der Waals surface area (Å²) in [5, 5.41) is 3.53. The van der Waals surface area contributed by atoms with Gasteiger partial charge in [0.05, 0.1) is 18.8 Å². The van der Waals surface area contributed by atoms with Crippen LogP contribution in [-0.2, 0) is 4.74 Å². The Labute approximate surface area is 129 Å². The molecule has 3 heteroatoms. The Morgan fingerprint density at radius 2 is 1.95 bits per heavy atom. The van der Waals surface area contributed by atoms with Crippen molar-refractivity contribution >= 4 is 0 Å². The molecule has 1 aliphatic carbocycles. The molecule has 0 amide bonds. The van der Waals surface area contributed by atoms with Crippen molar-refractivity contribution in [1.29, 1.82) is 0 Å². The quantitative estimate of drug-likeness (QED) is 0.859. The van der Waals surface area contributed by atoms with E-state index in [-0.39, 0.29) is 11.6 Å². The standard InChI is InChI=1S/C18H29NO2/c1-5-21-18(11-7-6-8-12-18)17(19-3)16-10-9-15(20-4)13-14(16)2/h9-10,13,17,19H,5-8,11-12H2,1-4H3. The zero-order valence-corrected chi connectivity index (χ0v) is 13.9. The van der Waals surface area contributed by atoms with E-state index in [1.807, 2.05) is 7.05 Å². The number of likely N-dealkylation sites (N-methyl/N-ethyl adjacent to an activating group) is 1. The van der Waals surface area contributed by atoms with Gasteiger partial charge < -0.3 is 14.8 Å². The molecule has 0 bridgehead atoms. The first kappa shape index (κ1) is 16.3. The van der Waals surface area contributed by atoms with E-state index >= 15 is 0 Å². The summed E-state index contributed by atoms with van der Waals surface area (Å²) in [6.07, 6.45) is 6.11. The molecular weight excluding hydrogens is 262 g/mol. The molecule has 0 radical (unpaired) electrons. The van der Waals surface area contributed by atoms with Gasteiger partial charge >= 0.3 is 0 Å². The molecule has 3 nitrogen and oxygen atoms in total.